The van der Waals surface area contributed by atoms with Gasteiger partial charge in [0.05, 0.1) is 24.1 Å². The molecule has 0 N–H and O–H groups in total. The molecule has 1 atom stereocenters. The lowest BCUT2D eigenvalue weighted by Gasteiger charge is -2.33. The van der Waals surface area contributed by atoms with Crippen LogP contribution in [0, 0.1) is 0 Å². The summed E-state index contributed by atoms with van der Waals surface area (Å²) < 4.78 is 3.97. The highest BCUT2D eigenvalue weighted by molar-refractivity contribution is 5.96. The number of rotatable bonds is 3. The Balaban J connectivity index is 1.57. The largest absolute Gasteiger partial charge is 0.337 e. The van der Waals surface area contributed by atoms with E-state index in [4.69, 9.17) is 0 Å². The van der Waals surface area contributed by atoms with Crippen molar-refractivity contribution in [3.8, 4) is 0 Å². The van der Waals surface area contributed by atoms with E-state index < -0.39 is 0 Å². The molecular formula is C18H22N6O. The number of fused-ring (bicyclic) bond motifs is 1. The van der Waals surface area contributed by atoms with Gasteiger partial charge in [-0.05, 0) is 32.8 Å². The predicted octanol–water partition coefficient (Wildman–Crippen LogP) is 2.69. The van der Waals surface area contributed by atoms with E-state index in [1.165, 1.54) is 0 Å². The second-order valence-electron chi connectivity index (χ2n) is 6.88. The molecule has 1 aliphatic rings. The summed E-state index contributed by atoms with van der Waals surface area (Å²) in [6.45, 7) is 5.63. The van der Waals surface area contributed by atoms with Gasteiger partial charge in [-0.2, -0.15) is 5.10 Å². The van der Waals surface area contributed by atoms with Crippen molar-refractivity contribution in [3.05, 3.63) is 42.7 Å². The number of carbonyl (C=O) groups is 1. The van der Waals surface area contributed by atoms with Gasteiger partial charge < -0.3 is 9.47 Å². The highest BCUT2D eigenvalue weighted by atomic mass is 16.2. The van der Waals surface area contributed by atoms with Crippen molar-refractivity contribution >= 4 is 16.9 Å². The topological polar surface area (TPSA) is 68.8 Å². The molecule has 1 aliphatic heterocycles. The van der Waals surface area contributed by atoms with Gasteiger partial charge >= 0.3 is 0 Å². The van der Waals surface area contributed by atoms with Crippen LogP contribution in [0.15, 0.2) is 37.2 Å². The molecule has 7 nitrogen and oxygen atoms in total. The van der Waals surface area contributed by atoms with Gasteiger partial charge in [0, 0.05) is 43.1 Å². The maximum atomic E-state index is 12.9. The van der Waals surface area contributed by atoms with Gasteiger partial charge in [-0.3, -0.25) is 4.79 Å². The summed E-state index contributed by atoms with van der Waals surface area (Å²) in [6.07, 6.45) is 11.1. The Morgan fingerprint density at radius 1 is 1.32 bits per heavy atom. The number of pyridine rings is 1. The molecule has 0 saturated carbocycles. The lowest BCUT2D eigenvalue weighted by atomic mass is 10.0. The monoisotopic (exact) mass is 338 g/mol. The number of likely N-dealkylation sites (tertiary alicyclic amines) is 1. The van der Waals surface area contributed by atoms with E-state index in [1.54, 1.807) is 18.6 Å². The van der Waals surface area contributed by atoms with Crippen LogP contribution in [0.3, 0.4) is 0 Å². The van der Waals surface area contributed by atoms with Crippen LogP contribution in [-0.4, -0.2) is 48.2 Å². The number of aromatic nitrogens is 5. The fourth-order valence-corrected chi connectivity index (χ4v) is 3.49. The first-order valence-corrected chi connectivity index (χ1v) is 8.73. The first kappa shape index (κ1) is 15.8. The van der Waals surface area contributed by atoms with Crippen molar-refractivity contribution in [2.75, 3.05) is 13.1 Å². The van der Waals surface area contributed by atoms with E-state index in [2.05, 4.69) is 33.5 Å². The second-order valence-corrected chi connectivity index (χ2v) is 6.88. The van der Waals surface area contributed by atoms with Gasteiger partial charge in [-0.15, -0.1) is 0 Å². The SMILES string of the molecule is CC(C)n1ncc2cc(C(=O)N3CCC[C@H](n4ccnc4)C3)cnc21. The molecule has 0 aliphatic carbocycles. The Morgan fingerprint density at radius 2 is 2.20 bits per heavy atom. The molecule has 1 saturated heterocycles. The molecule has 0 unspecified atom stereocenters. The van der Waals surface area contributed by atoms with Gasteiger partial charge in [-0.1, -0.05) is 0 Å². The van der Waals surface area contributed by atoms with Crippen LogP contribution >= 0.6 is 0 Å². The molecule has 0 bridgehead atoms. The van der Waals surface area contributed by atoms with E-state index in [1.807, 2.05) is 28.2 Å². The van der Waals surface area contributed by atoms with Gasteiger partial charge in [0.25, 0.3) is 5.91 Å². The van der Waals surface area contributed by atoms with Gasteiger partial charge in [0.15, 0.2) is 5.65 Å². The van der Waals surface area contributed by atoms with Gasteiger partial charge in [0.2, 0.25) is 0 Å². The smallest absolute Gasteiger partial charge is 0.255 e. The number of carbonyl (C=O) groups excluding carboxylic acids is 1. The number of hydrogen-bond acceptors (Lipinski definition) is 4. The maximum Gasteiger partial charge on any atom is 0.255 e. The molecule has 0 aromatic carbocycles. The third-order valence-corrected chi connectivity index (χ3v) is 4.80. The zero-order valence-electron chi connectivity index (χ0n) is 14.5. The minimum atomic E-state index is 0.0384. The molecule has 0 radical (unpaired) electrons. The number of amides is 1. The third-order valence-electron chi connectivity index (χ3n) is 4.80. The summed E-state index contributed by atoms with van der Waals surface area (Å²) in [7, 11) is 0. The zero-order valence-corrected chi connectivity index (χ0v) is 14.5. The van der Waals surface area contributed by atoms with E-state index in [0.717, 1.165) is 30.4 Å². The molecule has 1 fully saturated rings. The Labute approximate surface area is 146 Å². The lowest BCUT2D eigenvalue weighted by Crippen LogP contribution is -2.40. The van der Waals surface area contributed by atoms with Crippen LogP contribution in [0.25, 0.3) is 11.0 Å². The number of imidazole rings is 1. The van der Waals surface area contributed by atoms with E-state index in [-0.39, 0.29) is 11.9 Å². The van der Waals surface area contributed by atoms with Crippen LogP contribution in [0.4, 0.5) is 0 Å². The van der Waals surface area contributed by atoms with Gasteiger partial charge in [-0.25, -0.2) is 14.6 Å². The molecule has 0 spiro atoms. The normalized spacial score (nSPS) is 18.2. The van der Waals surface area contributed by atoms with Crippen LogP contribution in [0.1, 0.15) is 49.1 Å². The summed E-state index contributed by atoms with van der Waals surface area (Å²) in [5, 5.41) is 5.28. The van der Waals surface area contributed by atoms with Crippen molar-refractivity contribution in [2.24, 2.45) is 0 Å². The second kappa shape index (κ2) is 6.31. The van der Waals surface area contributed by atoms with Crippen LogP contribution in [0.2, 0.25) is 0 Å². The van der Waals surface area contributed by atoms with Crippen molar-refractivity contribution in [2.45, 2.75) is 38.8 Å². The summed E-state index contributed by atoms with van der Waals surface area (Å²) in [5.74, 6) is 0.0384. The van der Waals surface area contributed by atoms with Crippen molar-refractivity contribution < 1.29 is 4.79 Å². The molecule has 1 amide bonds. The molecule has 3 aromatic rings. The quantitative estimate of drug-likeness (QED) is 0.736. The predicted molar refractivity (Wildman–Crippen MR) is 94.3 cm³/mol. The maximum absolute atomic E-state index is 12.9. The Kier molecular flexibility index (Phi) is 3.99. The average molecular weight is 338 g/mol. The summed E-state index contributed by atoms with van der Waals surface area (Å²) in [5.41, 5.74) is 1.45. The van der Waals surface area contributed by atoms with Crippen LogP contribution < -0.4 is 0 Å². The summed E-state index contributed by atoms with van der Waals surface area (Å²) in [6, 6.07) is 2.43. The molecule has 130 valence electrons. The first-order chi connectivity index (χ1) is 12.1. The Morgan fingerprint density at radius 3 is 2.96 bits per heavy atom. The summed E-state index contributed by atoms with van der Waals surface area (Å²) >= 11 is 0. The fourth-order valence-electron chi connectivity index (χ4n) is 3.49. The van der Waals surface area contributed by atoms with Crippen LogP contribution in [0.5, 0.6) is 0 Å². The van der Waals surface area contributed by atoms with Crippen LogP contribution in [-0.2, 0) is 0 Å². The third kappa shape index (κ3) is 2.90. The summed E-state index contributed by atoms with van der Waals surface area (Å²) in [4.78, 5) is 23.5. The molecule has 7 heteroatoms. The molecular weight excluding hydrogens is 316 g/mol. The molecule has 25 heavy (non-hydrogen) atoms. The highest BCUT2D eigenvalue weighted by Crippen LogP contribution is 2.23. The zero-order chi connectivity index (χ0) is 17.4. The van der Waals surface area contributed by atoms with Gasteiger partial charge in [0.1, 0.15) is 0 Å². The van der Waals surface area contributed by atoms with Crippen molar-refractivity contribution in [1.29, 1.82) is 0 Å². The minimum absolute atomic E-state index is 0.0384. The molecule has 4 heterocycles. The average Bonchev–Trinajstić information content (AvgIpc) is 3.30. The van der Waals surface area contributed by atoms with E-state index in [0.29, 0.717) is 18.2 Å². The van der Waals surface area contributed by atoms with Crippen molar-refractivity contribution in [1.82, 2.24) is 29.2 Å². The number of hydrogen-bond donors (Lipinski definition) is 0. The standard InChI is InChI=1S/C18H22N6O/c1-13(2)24-17-14(10-21-24)8-15(9-20-17)18(25)22-6-3-4-16(11-22)23-7-5-19-12-23/h5,7-10,12-13,16H,3-4,6,11H2,1-2H3/t16-/m0/s1. The lowest BCUT2D eigenvalue weighted by molar-refractivity contribution is 0.0679. The molecule has 4 rings (SSSR count). The number of piperidine rings is 1. The van der Waals surface area contributed by atoms with E-state index >= 15 is 0 Å². The number of nitrogens with zero attached hydrogens (tertiary/aromatic N) is 6. The first-order valence-electron chi connectivity index (χ1n) is 8.73. The molecule has 3 aromatic heterocycles. The Hall–Kier alpha value is -2.70. The Bertz CT molecular complexity index is 882. The minimum Gasteiger partial charge on any atom is -0.337 e. The fraction of sp³-hybridized carbons (Fsp3) is 0.444. The van der Waals surface area contributed by atoms with E-state index in [9.17, 15) is 4.79 Å². The van der Waals surface area contributed by atoms with Crippen molar-refractivity contribution in [3.63, 3.8) is 0 Å². The highest BCUT2D eigenvalue weighted by Gasteiger charge is 2.25.